The van der Waals surface area contributed by atoms with Gasteiger partial charge in [-0.1, -0.05) is 23.7 Å². The van der Waals surface area contributed by atoms with Crippen molar-refractivity contribution in [3.05, 3.63) is 80.2 Å². The molecule has 7 nitrogen and oxygen atoms in total. The number of H-pyrrole nitrogens is 1. The maximum absolute atomic E-state index is 12.4. The van der Waals surface area contributed by atoms with Gasteiger partial charge in [0.05, 0.1) is 5.39 Å². The van der Waals surface area contributed by atoms with Gasteiger partial charge in [-0.05, 0) is 36.4 Å². The molecule has 2 N–H and O–H groups in total. The molecule has 124 valence electrons. The molecular weight excluding hydrogens is 346 g/mol. The number of aromatic amines is 1. The Bertz CT molecular complexity index is 1250. The molecule has 1 amide bonds. The van der Waals surface area contributed by atoms with Crippen LogP contribution in [0.3, 0.4) is 0 Å². The summed E-state index contributed by atoms with van der Waals surface area (Å²) in [5, 5.41) is 1.45. The molecule has 0 spiro atoms. The molecule has 0 radical (unpaired) electrons. The van der Waals surface area contributed by atoms with E-state index in [1.165, 1.54) is 12.1 Å². The van der Waals surface area contributed by atoms with Crippen LogP contribution in [0.5, 0.6) is 0 Å². The van der Waals surface area contributed by atoms with E-state index in [0.717, 1.165) is 5.39 Å². The maximum atomic E-state index is 12.4. The summed E-state index contributed by atoms with van der Waals surface area (Å²) < 4.78 is 5.59. The van der Waals surface area contributed by atoms with Crippen molar-refractivity contribution in [2.75, 3.05) is 5.43 Å². The second-order valence-electron chi connectivity index (χ2n) is 5.36. The number of fused-ring (bicyclic) bond motifs is 2. The Morgan fingerprint density at radius 1 is 1.12 bits per heavy atom. The van der Waals surface area contributed by atoms with Gasteiger partial charge in [0.1, 0.15) is 11.3 Å². The minimum atomic E-state index is -0.976. The summed E-state index contributed by atoms with van der Waals surface area (Å²) in [6, 6.07) is 13.0. The van der Waals surface area contributed by atoms with Crippen LogP contribution >= 0.6 is 11.6 Å². The van der Waals surface area contributed by atoms with Crippen LogP contribution in [0.25, 0.3) is 21.9 Å². The molecule has 0 atom stereocenters. The van der Waals surface area contributed by atoms with Crippen LogP contribution in [0.2, 0.25) is 5.02 Å². The third-order valence-electron chi connectivity index (χ3n) is 3.74. The number of nitrogens with one attached hydrogen (secondary N) is 2. The predicted octanol–water partition coefficient (Wildman–Crippen LogP) is 2.47. The van der Waals surface area contributed by atoms with Gasteiger partial charge in [-0.15, -0.1) is 4.68 Å². The van der Waals surface area contributed by atoms with E-state index in [1.807, 2.05) is 0 Å². The Morgan fingerprint density at radius 3 is 2.76 bits per heavy atom. The smallest absolute Gasteiger partial charge is 0.408 e. The van der Waals surface area contributed by atoms with E-state index in [4.69, 9.17) is 16.0 Å². The van der Waals surface area contributed by atoms with Gasteiger partial charge in [0.15, 0.2) is 0 Å². The first-order chi connectivity index (χ1) is 12.0. The van der Waals surface area contributed by atoms with Crippen LogP contribution in [0, 0.1) is 0 Å². The zero-order valence-corrected chi connectivity index (χ0v) is 13.3. The third kappa shape index (κ3) is 2.60. The number of nitrogens with zero attached hydrogens (tertiary/aromatic N) is 1. The van der Waals surface area contributed by atoms with Crippen molar-refractivity contribution in [3.8, 4) is 0 Å². The van der Waals surface area contributed by atoms with Crippen molar-refractivity contribution >= 4 is 39.4 Å². The van der Waals surface area contributed by atoms with Gasteiger partial charge < -0.3 is 9.40 Å². The highest BCUT2D eigenvalue weighted by molar-refractivity contribution is 6.31. The van der Waals surface area contributed by atoms with E-state index in [9.17, 15) is 14.4 Å². The average Bonchev–Trinajstić information content (AvgIpc) is 3.01. The van der Waals surface area contributed by atoms with Crippen molar-refractivity contribution in [1.29, 1.82) is 0 Å². The van der Waals surface area contributed by atoms with E-state index in [0.29, 0.717) is 15.2 Å². The first kappa shape index (κ1) is 15.2. The molecule has 2 aromatic heterocycles. The third-order valence-corrected chi connectivity index (χ3v) is 3.98. The van der Waals surface area contributed by atoms with Crippen molar-refractivity contribution in [1.82, 2.24) is 9.66 Å². The Kier molecular flexibility index (Phi) is 3.43. The molecule has 0 aliphatic heterocycles. The minimum absolute atomic E-state index is 0.156. The lowest BCUT2D eigenvalue weighted by molar-refractivity contribution is 0.100. The Morgan fingerprint density at radius 2 is 1.92 bits per heavy atom. The number of carbonyl (C=O) groups is 1. The molecule has 0 unspecified atom stereocenters. The maximum Gasteiger partial charge on any atom is 0.441 e. The van der Waals surface area contributed by atoms with E-state index in [1.54, 1.807) is 36.4 Å². The lowest BCUT2D eigenvalue weighted by Gasteiger charge is -2.06. The van der Waals surface area contributed by atoms with Crippen LogP contribution in [-0.2, 0) is 0 Å². The summed E-state index contributed by atoms with van der Waals surface area (Å²) >= 11 is 5.92. The molecule has 0 bridgehead atoms. The summed E-state index contributed by atoms with van der Waals surface area (Å²) in [5.41, 5.74) is 2.62. The van der Waals surface area contributed by atoms with Crippen LogP contribution in [0.1, 0.15) is 10.5 Å². The number of rotatable bonds is 2. The molecule has 4 rings (SSSR count). The van der Waals surface area contributed by atoms with Crippen LogP contribution in [0.15, 0.2) is 62.5 Å². The van der Waals surface area contributed by atoms with Gasteiger partial charge in [0, 0.05) is 15.9 Å². The number of hydrogen-bond acceptors (Lipinski definition) is 4. The monoisotopic (exact) mass is 355 g/mol. The van der Waals surface area contributed by atoms with Crippen molar-refractivity contribution < 1.29 is 9.21 Å². The number of para-hydroxylation sites is 1. The van der Waals surface area contributed by atoms with Crippen LogP contribution in [-0.4, -0.2) is 15.6 Å². The number of carbonyl (C=O) groups excluding carboxylic acids is 1. The standard InChI is InChI=1S/C17H10ClN3O4/c18-10-5-6-12-9(7-10)8-13(19-12)15(22)20-21-16(23)11-3-1-2-4-14(11)25-17(21)24/h1-8,19H,(H,20,22). The van der Waals surface area contributed by atoms with Crippen molar-refractivity contribution in [2.45, 2.75) is 0 Å². The molecule has 0 aliphatic carbocycles. The molecule has 2 heterocycles. The number of amides is 1. The van der Waals surface area contributed by atoms with E-state index >= 15 is 0 Å². The fourth-order valence-corrected chi connectivity index (χ4v) is 2.74. The van der Waals surface area contributed by atoms with E-state index in [-0.39, 0.29) is 16.7 Å². The Balaban J connectivity index is 1.76. The zero-order valence-electron chi connectivity index (χ0n) is 12.6. The van der Waals surface area contributed by atoms with Crippen LogP contribution in [0.4, 0.5) is 0 Å². The van der Waals surface area contributed by atoms with Gasteiger partial charge in [0.2, 0.25) is 0 Å². The van der Waals surface area contributed by atoms with Gasteiger partial charge in [-0.3, -0.25) is 9.59 Å². The fourth-order valence-electron chi connectivity index (χ4n) is 2.56. The topological polar surface area (TPSA) is 97.1 Å². The fraction of sp³-hybridized carbons (Fsp3) is 0. The highest BCUT2D eigenvalue weighted by atomic mass is 35.5. The van der Waals surface area contributed by atoms with Gasteiger partial charge in [0.25, 0.3) is 11.5 Å². The highest BCUT2D eigenvalue weighted by Gasteiger charge is 2.15. The molecule has 25 heavy (non-hydrogen) atoms. The second kappa shape index (κ2) is 5.64. The van der Waals surface area contributed by atoms with Gasteiger partial charge in [-0.25, -0.2) is 10.2 Å². The molecule has 8 heteroatoms. The van der Waals surface area contributed by atoms with Crippen molar-refractivity contribution in [3.63, 3.8) is 0 Å². The minimum Gasteiger partial charge on any atom is -0.408 e. The summed E-state index contributed by atoms with van der Waals surface area (Å²) in [6.07, 6.45) is 0. The Labute approximate surface area is 144 Å². The quantitative estimate of drug-likeness (QED) is 0.577. The summed E-state index contributed by atoms with van der Waals surface area (Å²) in [5.74, 6) is -1.63. The number of halogens is 1. The first-order valence-electron chi connectivity index (χ1n) is 7.27. The summed E-state index contributed by atoms with van der Waals surface area (Å²) in [4.78, 5) is 39.7. The zero-order chi connectivity index (χ0) is 17.6. The largest absolute Gasteiger partial charge is 0.441 e. The van der Waals surface area contributed by atoms with Crippen molar-refractivity contribution in [2.24, 2.45) is 0 Å². The van der Waals surface area contributed by atoms with Gasteiger partial charge in [-0.2, -0.15) is 0 Å². The predicted molar refractivity (Wildman–Crippen MR) is 93.7 cm³/mol. The number of benzene rings is 2. The molecule has 2 aromatic carbocycles. The number of aromatic nitrogens is 2. The van der Waals surface area contributed by atoms with E-state index in [2.05, 4.69) is 10.4 Å². The lowest BCUT2D eigenvalue weighted by atomic mass is 10.2. The SMILES string of the molecule is O=C(Nn1c(=O)oc2ccccc2c1=O)c1cc2cc(Cl)ccc2[nH]1. The second-order valence-corrected chi connectivity index (χ2v) is 5.80. The highest BCUT2D eigenvalue weighted by Crippen LogP contribution is 2.20. The van der Waals surface area contributed by atoms with Crippen LogP contribution < -0.4 is 16.7 Å². The normalized spacial score (nSPS) is 11.1. The average molecular weight is 356 g/mol. The molecule has 0 saturated carbocycles. The molecule has 0 aliphatic rings. The molecule has 0 saturated heterocycles. The number of hydrogen-bond donors (Lipinski definition) is 2. The van der Waals surface area contributed by atoms with Gasteiger partial charge >= 0.3 is 5.76 Å². The molecule has 4 aromatic rings. The first-order valence-corrected chi connectivity index (χ1v) is 7.65. The van der Waals surface area contributed by atoms with E-state index < -0.39 is 17.2 Å². The molecular formula is C17H10ClN3O4. The summed E-state index contributed by atoms with van der Waals surface area (Å²) in [7, 11) is 0. The Hall–Kier alpha value is -3.32. The lowest BCUT2D eigenvalue weighted by Crippen LogP contribution is -2.42. The summed E-state index contributed by atoms with van der Waals surface area (Å²) in [6.45, 7) is 0. The molecule has 0 fully saturated rings.